The van der Waals surface area contributed by atoms with Gasteiger partial charge in [0.15, 0.2) is 5.96 Å². The zero-order valence-electron chi connectivity index (χ0n) is 20.8. The van der Waals surface area contributed by atoms with Gasteiger partial charge < -0.3 is 15.5 Å². The molecular formula is C24H45N7. The summed E-state index contributed by atoms with van der Waals surface area (Å²) in [5.74, 6) is 0.949. The lowest BCUT2D eigenvalue weighted by Gasteiger charge is -2.49. The third-order valence-electron chi connectivity index (χ3n) is 7.37. The molecule has 7 heteroatoms. The molecule has 2 saturated heterocycles. The Morgan fingerprint density at radius 1 is 1.10 bits per heavy atom. The Balaban J connectivity index is 1.70. The Morgan fingerprint density at radius 2 is 1.77 bits per heavy atom. The lowest BCUT2D eigenvalue weighted by molar-refractivity contribution is 0.0208. The van der Waals surface area contributed by atoms with E-state index in [0.29, 0.717) is 6.04 Å². The first kappa shape index (κ1) is 24.1. The van der Waals surface area contributed by atoms with Crippen LogP contribution < -0.4 is 10.6 Å². The van der Waals surface area contributed by atoms with Gasteiger partial charge in [0.1, 0.15) is 0 Å². The van der Waals surface area contributed by atoms with Crippen LogP contribution in [0.1, 0.15) is 62.9 Å². The average Bonchev–Trinajstić information content (AvgIpc) is 3.00. The van der Waals surface area contributed by atoms with E-state index in [4.69, 9.17) is 4.99 Å². The molecule has 1 atom stereocenters. The number of rotatable bonds is 7. The van der Waals surface area contributed by atoms with Crippen molar-refractivity contribution in [3.8, 4) is 0 Å². The first-order valence-electron chi connectivity index (χ1n) is 12.3. The van der Waals surface area contributed by atoms with Crippen molar-refractivity contribution in [2.45, 2.75) is 77.8 Å². The molecule has 0 spiro atoms. The number of hydrogen-bond donors (Lipinski definition) is 2. The van der Waals surface area contributed by atoms with Gasteiger partial charge in [-0.05, 0) is 98.6 Å². The predicted molar refractivity (Wildman–Crippen MR) is 130 cm³/mol. The van der Waals surface area contributed by atoms with Crippen LogP contribution in [0.15, 0.2) is 4.99 Å². The molecule has 0 aliphatic carbocycles. The molecule has 2 N–H and O–H groups in total. The van der Waals surface area contributed by atoms with Gasteiger partial charge in [0, 0.05) is 30.9 Å². The second-order valence-corrected chi connectivity index (χ2v) is 9.79. The van der Waals surface area contributed by atoms with E-state index in [1.807, 2.05) is 11.7 Å². The molecule has 176 valence electrons. The number of hydrogen-bond acceptors (Lipinski definition) is 4. The second-order valence-electron chi connectivity index (χ2n) is 9.79. The quantitative estimate of drug-likeness (QED) is 0.513. The summed E-state index contributed by atoms with van der Waals surface area (Å²) in [7, 11) is 4.27. The smallest absolute Gasteiger partial charge is 0.191 e. The Labute approximate surface area is 189 Å². The minimum absolute atomic E-state index is 0.217. The summed E-state index contributed by atoms with van der Waals surface area (Å²) in [4.78, 5) is 10.4. The van der Waals surface area contributed by atoms with Gasteiger partial charge >= 0.3 is 0 Å². The van der Waals surface area contributed by atoms with Crippen molar-refractivity contribution < 1.29 is 0 Å². The van der Waals surface area contributed by atoms with E-state index in [-0.39, 0.29) is 5.54 Å². The number of piperidine rings is 2. The van der Waals surface area contributed by atoms with E-state index in [0.717, 1.165) is 31.2 Å². The first-order valence-corrected chi connectivity index (χ1v) is 12.3. The molecule has 7 nitrogen and oxygen atoms in total. The van der Waals surface area contributed by atoms with Crippen LogP contribution in [-0.2, 0) is 13.5 Å². The van der Waals surface area contributed by atoms with E-state index < -0.39 is 0 Å². The second kappa shape index (κ2) is 10.8. The van der Waals surface area contributed by atoms with Crippen LogP contribution in [-0.4, -0.2) is 83.4 Å². The van der Waals surface area contributed by atoms with Crippen LogP contribution in [0.25, 0.3) is 0 Å². The fraction of sp³-hybridized carbons (Fsp3) is 0.833. The summed E-state index contributed by atoms with van der Waals surface area (Å²) in [5, 5.41) is 11.7. The number of aryl methyl sites for hydroxylation is 2. The monoisotopic (exact) mass is 431 g/mol. The lowest BCUT2D eigenvalue weighted by atomic mass is 9.84. The van der Waals surface area contributed by atoms with Crippen LogP contribution in [0, 0.1) is 13.8 Å². The van der Waals surface area contributed by atoms with Crippen molar-refractivity contribution in [2.24, 2.45) is 12.0 Å². The standard InChI is InChI=1S/C24H45N7/c1-7-25-23(27-19(2)17-22-20(3)28-30(6)21(22)4)26-18-24(11-15-29(5)16-12-24)31-13-9-8-10-14-31/h19H,7-18H2,1-6H3,(H2,25,26,27). The van der Waals surface area contributed by atoms with E-state index >= 15 is 0 Å². The topological polar surface area (TPSA) is 60.7 Å². The van der Waals surface area contributed by atoms with Gasteiger partial charge in [0.2, 0.25) is 0 Å². The number of aliphatic imine (C=N–C) groups is 1. The normalized spacial score (nSPS) is 21.8. The number of likely N-dealkylation sites (tertiary alicyclic amines) is 2. The summed E-state index contributed by atoms with van der Waals surface area (Å²) in [6.07, 6.45) is 7.44. The molecule has 3 heterocycles. The fourth-order valence-electron chi connectivity index (χ4n) is 5.23. The highest BCUT2D eigenvalue weighted by molar-refractivity contribution is 5.80. The number of aromatic nitrogens is 2. The number of nitrogens with zero attached hydrogens (tertiary/aromatic N) is 5. The van der Waals surface area contributed by atoms with Crippen molar-refractivity contribution in [1.82, 2.24) is 30.2 Å². The van der Waals surface area contributed by atoms with E-state index in [1.165, 1.54) is 69.5 Å². The Morgan fingerprint density at radius 3 is 2.35 bits per heavy atom. The number of guanidine groups is 1. The van der Waals surface area contributed by atoms with Crippen molar-refractivity contribution in [3.63, 3.8) is 0 Å². The summed E-state index contributed by atoms with van der Waals surface area (Å²) >= 11 is 0. The Hall–Kier alpha value is -1.60. The van der Waals surface area contributed by atoms with E-state index in [1.54, 1.807) is 0 Å². The van der Waals surface area contributed by atoms with Crippen LogP contribution >= 0.6 is 0 Å². The van der Waals surface area contributed by atoms with Gasteiger partial charge in [0.05, 0.1) is 12.2 Å². The maximum absolute atomic E-state index is 5.15. The summed E-state index contributed by atoms with van der Waals surface area (Å²) in [6.45, 7) is 15.2. The van der Waals surface area contributed by atoms with Crippen LogP contribution in [0.5, 0.6) is 0 Å². The van der Waals surface area contributed by atoms with Gasteiger partial charge in [-0.3, -0.25) is 14.6 Å². The molecule has 0 saturated carbocycles. The maximum atomic E-state index is 5.15. The molecule has 31 heavy (non-hydrogen) atoms. The largest absolute Gasteiger partial charge is 0.357 e. The van der Waals surface area contributed by atoms with Gasteiger partial charge in [-0.2, -0.15) is 5.10 Å². The van der Waals surface area contributed by atoms with Crippen LogP contribution in [0.4, 0.5) is 0 Å². The fourth-order valence-corrected chi connectivity index (χ4v) is 5.23. The average molecular weight is 432 g/mol. The molecule has 2 fully saturated rings. The van der Waals surface area contributed by atoms with Gasteiger partial charge in [-0.1, -0.05) is 6.42 Å². The maximum Gasteiger partial charge on any atom is 0.191 e. The van der Waals surface area contributed by atoms with Crippen molar-refractivity contribution in [1.29, 1.82) is 0 Å². The molecule has 2 aliphatic heterocycles. The number of nitrogens with one attached hydrogen (secondary N) is 2. The van der Waals surface area contributed by atoms with Crippen molar-refractivity contribution in [2.75, 3.05) is 46.3 Å². The molecule has 0 amide bonds. The highest BCUT2D eigenvalue weighted by Crippen LogP contribution is 2.31. The lowest BCUT2D eigenvalue weighted by Crippen LogP contribution is -2.58. The summed E-state index contributed by atoms with van der Waals surface area (Å²) in [5.41, 5.74) is 3.95. The highest BCUT2D eigenvalue weighted by Gasteiger charge is 2.39. The minimum Gasteiger partial charge on any atom is -0.357 e. The van der Waals surface area contributed by atoms with Crippen LogP contribution in [0.2, 0.25) is 0 Å². The first-order chi connectivity index (χ1) is 14.8. The summed E-state index contributed by atoms with van der Waals surface area (Å²) < 4.78 is 1.99. The summed E-state index contributed by atoms with van der Waals surface area (Å²) in [6, 6.07) is 0.294. The molecule has 0 bridgehead atoms. The highest BCUT2D eigenvalue weighted by atomic mass is 15.3. The minimum atomic E-state index is 0.217. The van der Waals surface area contributed by atoms with Gasteiger partial charge in [-0.15, -0.1) is 0 Å². The molecular weight excluding hydrogens is 386 g/mol. The Bertz CT molecular complexity index is 725. The van der Waals surface area contributed by atoms with Gasteiger partial charge in [0.25, 0.3) is 0 Å². The Kier molecular flexibility index (Phi) is 8.39. The van der Waals surface area contributed by atoms with E-state index in [2.05, 4.69) is 60.3 Å². The van der Waals surface area contributed by atoms with Crippen LogP contribution in [0.3, 0.4) is 0 Å². The molecule has 3 rings (SSSR count). The SMILES string of the molecule is CCNC(=NCC1(N2CCCCC2)CCN(C)CC1)NC(C)Cc1c(C)nn(C)c1C. The molecule has 1 aromatic heterocycles. The van der Waals surface area contributed by atoms with Gasteiger partial charge in [-0.25, -0.2) is 0 Å². The van der Waals surface area contributed by atoms with Crippen molar-refractivity contribution >= 4 is 5.96 Å². The zero-order valence-corrected chi connectivity index (χ0v) is 20.8. The van der Waals surface area contributed by atoms with E-state index in [9.17, 15) is 0 Å². The third-order valence-corrected chi connectivity index (χ3v) is 7.37. The third kappa shape index (κ3) is 6.01. The molecule has 1 aromatic rings. The van der Waals surface area contributed by atoms with Crippen molar-refractivity contribution in [3.05, 3.63) is 17.0 Å². The predicted octanol–water partition coefficient (Wildman–Crippen LogP) is 2.47. The zero-order chi connectivity index (χ0) is 22.4. The molecule has 2 aliphatic rings. The molecule has 0 radical (unpaired) electrons. The molecule has 0 aromatic carbocycles. The molecule has 1 unspecified atom stereocenters.